The Balaban J connectivity index is 1.81. The summed E-state index contributed by atoms with van der Waals surface area (Å²) in [5.41, 5.74) is 1.20. The molecule has 2 aromatic carbocycles. The van der Waals surface area contributed by atoms with E-state index < -0.39 is 17.0 Å². The smallest absolute Gasteiger partial charge is 0.293 e. The SMILES string of the molecule is CCC(C)Oc1ccc(/C=C2\SC(=O)N(Cc3ccc(F)cc3Cl)C2=O)cc1OC. The van der Waals surface area contributed by atoms with Crippen LogP contribution in [0.3, 0.4) is 0 Å². The van der Waals surface area contributed by atoms with Gasteiger partial charge < -0.3 is 9.47 Å². The molecule has 1 fully saturated rings. The summed E-state index contributed by atoms with van der Waals surface area (Å²) in [4.78, 5) is 26.5. The van der Waals surface area contributed by atoms with E-state index in [-0.39, 0.29) is 22.6 Å². The maximum absolute atomic E-state index is 13.2. The molecule has 0 aromatic heterocycles. The molecule has 1 aliphatic rings. The fourth-order valence-corrected chi connectivity index (χ4v) is 3.84. The number of carbonyl (C=O) groups excluding carboxylic acids is 2. The second-order valence-electron chi connectivity index (χ2n) is 6.75. The first-order valence-corrected chi connectivity index (χ1v) is 10.6. The van der Waals surface area contributed by atoms with Crippen LogP contribution in [0.2, 0.25) is 5.02 Å². The molecule has 3 rings (SSSR count). The van der Waals surface area contributed by atoms with Crippen molar-refractivity contribution in [2.75, 3.05) is 7.11 Å². The molecule has 1 unspecified atom stereocenters. The molecule has 1 heterocycles. The third kappa shape index (κ3) is 4.96. The first-order chi connectivity index (χ1) is 14.3. The Labute approximate surface area is 183 Å². The van der Waals surface area contributed by atoms with E-state index in [1.54, 1.807) is 31.4 Å². The van der Waals surface area contributed by atoms with Crippen molar-refractivity contribution in [2.45, 2.75) is 32.9 Å². The fourth-order valence-electron chi connectivity index (χ4n) is 2.78. The summed E-state index contributed by atoms with van der Waals surface area (Å²) in [5.74, 6) is 0.251. The van der Waals surface area contributed by atoms with Gasteiger partial charge in [-0.25, -0.2) is 4.39 Å². The highest BCUT2D eigenvalue weighted by atomic mass is 35.5. The monoisotopic (exact) mass is 449 g/mol. The molecule has 1 atom stereocenters. The van der Waals surface area contributed by atoms with E-state index in [0.717, 1.165) is 29.1 Å². The number of hydrogen-bond donors (Lipinski definition) is 0. The molecule has 0 bridgehead atoms. The lowest BCUT2D eigenvalue weighted by atomic mass is 10.1. The maximum Gasteiger partial charge on any atom is 0.293 e. The van der Waals surface area contributed by atoms with Gasteiger partial charge in [-0.15, -0.1) is 0 Å². The predicted octanol–water partition coefficient (Wildman–Crippen LogP) is 5.90. The number of amides is 2. The van der Waals surface area contributed by atoms with Crippen molar-refractivity contribution in [3.63, 3.8) is 0 Å². The number of halogens is 2. The van der Waals surface area contributed by atoms with Gasteiger partial charge >= 0.3 is 0 Å². The van der Waals surface area contributed by atoms with E-state index in [1.165, 1.54) is 12.1 Å². The molecule has 2 aromatic rings. The number of rotatable bonds is 7. The maximum atomic E-state index is 13.2. The molecule has 5 nitrogen and oxygen atoms in total. The molecule has 1 aliphatic heterocycles. The summed E-state index contributed by atoms with van der Waals surface area (Å²) in [6.07, 6.45) is 2.53. The van der Waals surface area contributed by atoms with Gasteiger partial charge in [-0.3, -0.25) is 14.5 Å². The van der Waals surface area contributed by atoms with Gasteiger partial charge in [-0.2, -0.15) is 0 Å². The van der Waals surface area contributed by atoms with Crippen molar-refractivity contribution in [2.24, 2.45) is 0 Å². The minimum Gasteiger partial charge on any atom is -0.493 e. The van der Waals surface area contributed by atoms with Crippen molar-refractivity contribution in [1.82, 2.24) is 4.90 Å². The number of benzene rings is 2. The number of nitrogens with zero attached hydrogens (tertiary/aromatic N) is 1. The van der Waals surface area contributed by atoms with Crippen molar-refractivity contribution in [3.8, 4) is 11.5 Å². The zero-order valence-corrected chi connectivity index (χ0v) is 18.3. The van der Waals surface area contributed by atoms with Gasteiger partial charge in [0.15, 0.2) is 11.5 Å². The van der Waals surface area contributed by atoms with E-state index in [1.807, 2.05) is 13.8 Å². The highest BCUT2D eigenvalue weighted by molar-refractivity contribution is 8.18. The number of thioether (sulfide) groups is 1. The molecule has 1 saturated heterocycles. The lowest BCUT2D eigenvalue weighted by molar-refractivity contribution is -0.123. The Morgan fingerprint density at radius 2 is 1.97 bits per heavy atom. The number of imide groups is 1. The highest BCUT2D eigenvalue weighted by Crippen LogP contribution is 2.36. The number of ether oxygens (including phenoxy) is 2. The number of methoxy groups -OCH3 is 1. The van der Waals surface area contributed by atoms with Crippen LogP contribution in [-0.2, 0) is 11.3 Å². The van der Waals surface area contributed by atoms with Crippen LogP contribution >= 0.6 is 23.4 Å². The quantitative estimate of drug-likeness (QED) is 0.492. The lowest BCUT2D eigenvalue weighted by Gasteiger charge is -2.16. The second kappa shape index (κ2) is 9.53. The van der Waals surface area contributed by atoms with E-state index in [0.29, 0.717) is 22.6 Å². The third-order valence-electron chi connectivity index (χ3n) is 4.61. The number of carbonyl (C=O) groups is 2. The zero-order valence-electron chi connectivity index (χ0n) is 16.8. The molecule has 0 N–H and O–H groups in total. The molecule has 158 valence electrons. The lowest BCUT2D eigenvalue weighted by Crippen LogP contribution is -2.27. The van der Waals surface area contributed by atoms with Crippen molar-refractivity contribution >= 4 is 40.6 Å². The van der Waals surface area contributed by atoms with Gasteiger partial charge in [0.1, 0.15) is 5.82 Å². The second-order valence-corrected chi connectivity index (χ2v) is 8.15. The van der Waals surface area contributed by atoms with Crippen LogP contribution in [0.15, 0.2) is 41.3 Å². The van der Waals surface area contributed by atoms with Crippen LogP contribution in [0.25, 0.3) is 6.08 Å². The molecule has 0 aliphatic carbocycles. The first-order valence-electron chi connectivity index (χ1n) is 9.36. The van der Waals surface area contributed by atoms with Gasteiger partial charge in [0.25, 0.3) is 11.1 Å². The fraction of sp³-hybridized carbons (Fsp3) is 0.273. The Bertz CT molecular complexity index is 1010. The molecule has 8 heteroatoms. The third-order valence-corrected chi connectivity index (χ3v) is 5.86. The molecule has 30 heavy (non-hydrogen) atoms. The first kappa shape index (κ1) is 22.2. The number of hydrogen-bond acceptors (Lipinski definition) is 5. The minimum atomic E-state index is -0.479. The van der Waals surface area contributed by atoms with E-state index >= 15 is 0 Å². The Kier molecular flexibility index (Phi) is 7.05. The van der Waals surface area contributed by atoms with E-state index in [2.05, 4.69) is 0 Å². The topological polar surface area (TPSA) is 55.8 Å². The van der Waals surface area contributed by atoms with Crippen molar-refractivity contribution in [3.05, 3.63) is 63.3 Å². The van der Waals surface area contributed by atoms with Crippen molar-refractivity contribution in [1.29, 1.82) is 0 Å². The van der Waals surface area contributed by atoms with Crippen LogP contribution in [0.4, 0.5) is 9.18 Å². The van der Waals surface area contributed by atoms with Crippen molar-refractivity contribution < 1.29 is 23.5 Å². The normalized spacial score (nSPS) is 16.3. The van der Waals surface area contributed by atoms with Crippen LogP contribution in [-0.4, -0.2) is 29.3 Å². The zero-order chi connectivity index (χ0) is 21.8. The largest absolute Gasteiger partial charge is 0.493 e. The Morgan fingerprint density at radius 3 is 2.63 bits per heavy atom. The molecular formula is C22H21ClFNO4S. The van der Waals surface area contributed by atoms with Crippen LogP contribution in [0.1, 0.15) is 31.4 Å². The Morgan fingerprint density at radius 1 is 1.20 bits per heavy atom. The summed E-state index contributed by atoms with van der Waals surface area (Å²) in [5, 5.41) is -0.241. The summed E-state index contributed by atoms with van der Waals surface area (Å²) in [7, 11) is 1.54. The van der Waals surface area contributed by atoms with Crippen LogP contribution in [0, 0.1) is 5.82 Å². The average Bonchev–Trinajstić information content (AvgIpc) is 2.98. The van der Waals surface area contributed by atoms with Gasteiger partial charge in [-0.05, 0) is 66.6 Å². The average molecular weight is 450 g/mol. The summed E-state index contributed by atoms with van der Waals surface area (Å²) >= 11 is 6.87. The van der Waals surface area contributed by atoms with Crippen LogP contribution < -0.4 is 9.47 Å². The molecule has 0 saturated carbocycles. The summed E-state index contributed by atoms with van der Waals surface area (Å²) in [6.45, 7) is 3.98. The molecule has 2 amide bonds. The van der Waals surface area contributed by atoms with Gasteiger partial charge in [0, 0.05) is 5.02 Å². The molecular weight excluding hydrogens is 429 g/mol. The molecule has 0 spiro atoms. The highest BCUT2D eigenvalue weighted by Gasteiger charge is 2.35. The van der Waals surface area contributed by atoms with Crippen LogP contribution in [0.5, 0.6) is 11.5 Å². The van der Waals surface area contributed by atoms with Gasteiger partial charge in [0.2, 0.25) is 0 Å². The van der Waals surface area contributed by atoms with E-state index in [9.17, 15) is 14.0 Å². The standard InChI is InChI=1S/C22H21ClFNO4S/c1-4-13(2)29-18-8-5-14(9-19(18)28-3)10-20-21(26)25(22(27)30-20)12-15-6-7-16(24)11-17(15)23/h5-11,13H,4,12H2,1-3H3/b20-10-. The predicted molar refractivity (Wildman–Crippen MR) is 116 cm³/mol. The van der Waals surface area contributed by atoms with Gasteiger partial charge in [-0.1, -0.05) is 30.7 Å². The summed E-state index contributed by atoms with van der Waals surface area (Å²) in [6, 6.07) is 9.19. The Hall–Kier alpha value is -2.51. The van der Waals surface area contributed by atoms with E-state index in [4.69, 9.17) is 21.1 Å². The molecule has 0 radical (unpaired) electrons. The summed E-state index contributed by atoms with van der Waals surface area (Å²) < 4.78 is 24.5. The van der Waals surface area contributed by atoms with Gasteiger partial charge in [0.05, 0.1) is 24.7 Å². The minimum absolute atomic E-state index is 0.0217.